The SMILES string of the molecule is CC(c1ccc(NC(=O)NCC2CN(Cc3ccccc3)CCO2)cc1)N1CCOCC1. The fourth-order valence-electron chi connectivity index (χ4n) is 4.29. The van der Waals surface area contributed by atoms with Crippen LogP contribution in [0.3, 0.4) is 0 Å². The van der Waals surface area contributed by atoms with Gasteiger partial charge in [0.05, 0.1) is 25.9 Å². The highest BCUT2D eigenvalue weighted by atomic mass is 16.5. The summed E-state index contributed by atoms with van der Waals surface area (Å²) in [6.45, 7) is 9.50. The number of rotatable bonds is 7. The Bertz CT molecular complexity index is 840. The van der Waals surface area contributed by atoms with Gasteiger partial charge in [-0.15, -0.1) is 0 Å². The molecule has 2 unspecified atom stereocenters. The van der Waals surface area contributed by atoms with Crippen LogP contribution in [0.2, 0.25) is 0 Å². The van der Waals surface area contributed by atoms with Crippen LogP contribution in [0.1, 0.15) is 24.1 Å². The number of benzene rings is 2. The van der Waals surface area contributed by atoms with Crippen LogP contribution in [0.25, 0.3) is 0 Å². The number of hydrogen-bond acceptors (Lipinski definition) is 5. The van der Waals surface area contributed by atoms with Crippen molar-refractivity contribution in [2.24, 2.45) is 0 Å². The van der Waals surface area contributed by atoms with E-state index in [2.05, 4.69) is 63.8 Å². The van der Waals surface area contributed by atoms with Crippen LogP contribution in [-0.2, 0) is 16.0 Å². The van der Waals surface area contributed by atoms with Crippen LogP contribution in [0.15, 0.2) is 54.6 Å². The first-order chi connectivity index (χ1) is 15.7. The van der Waals surface area contributed by atoms with Crippen molar-refractivity contribution >= 4 is 11.7 Å². The van der Waals surface area contributed by atoms with E-state index < -0.39 is 0 Å². The molecule has 2 saturated heterocycles. The van der Waals surface area contributed by atoms with Gasteiger partial charge in [-0.05, 0) is 30.2 Å². The second kappa shape index (κ2) is 11.4. The molecule has 0 bridgehead atoms. The summed E-state index contributed by atoms with van der Waals surface area (Å²) >= 11 is 0. The second-order valence-electron chi connectivity index (χ2n) is 8.49. The highest BCUT2D eigenvalue weighted by Crippen LogP contribution is 2.22. The molecule has 0 saturated carbocycles. The van der Waals surface area contributed by atoms with E-state index in [9.17, 15) is 4.79 Å². The van der Waals surface area contributed by atoms with Crippen molar-refractivity contribution in [3.8, 4) is 0 Å². The Morgan fingerprint density at radius 3 is 2.53 bits per heavy atom. The molecule has 2 atom stereocenters. The van der Waals surface area contributed by atoms with Crippen molar-refractivity contribution in [3.05, 3.63) is 65.7 Å². The molecular weight excluding hydrogens is 404 g/mol. The third-order valence-electron chi connectivity index (χ3n) is 6.21. The molecule has 2 fully saturated rings. The summed E-state index contributed by atoms with van der Waals surface area (Å²) in [5.74, 6) is 0. The Morgan fingerprint density at radius 1 is 1.03 bits per heavy atom. The third-order valence-corrected chi connectivity index (χ3v) is 6.21. The van der Waals surface area contributed by atoms with Gasteiger partial charge in [-0.25, -0.2) is 4.79 Å². The average Bonchev–Trinajstić information content (AvgIpc) is 2.84. The molecule has 2 aliphatic heterocycles. The molecular formula is C25H34N4O3. The molecule has 2 aliphatic rings. The number of urea groups is 1. The highest BCUT2D eigenvalue weighted by Gasteiger charge is 2.21. The van der Waals surface area contributed by atoms with E-state index in [0.717, 1.165) is 51.6 Å². The lowest BCUT2D eigenvalue weighted by Gasteiger charge is -2.33. The molecule has 0 radical (unpaired) electrons. The minimum absolute atomic E-state index is 0.00467. The van der Waals surface area contributed by atoms with Gasteiger partial charge in [0.2, 0.25) is 0 Å². The number of carbonyl (C=O) groups excluding carboxylic acids is 1. The van der Waals surface area contributed by atoms with Crippen LogP contribution in [0, 0.1) is 0 Å². The molecule has 2 N–H and O–H groups in total. The molecule has 172 valence electrons. The Hall–Kier alpha value is -2.45. The van der Waals surface area contributed by atoms with Gasteiger partial charge in [-0.2, -0.15) is 0 Å². The summed E-state index contributed by atoms with van der Waals surface area (Å²) in [5, 5.41) is 5.88. The van der Waals surface area contributed by atoms with Crippen molar-refractivity contribution < 1.29 is 14.3 Å². The van der Waals surface area contributed by atoms with Crippen LogP contribution in [0.4, 0.5) is 10.5 Å². The van der Waals surface area contributed by atoms with E-state index in [0.29, 0.717) is 19.2 Å². The summed E-state index contributed by atoms with van der Waals surface area (Å²) in [5.41, 5.74) is 3.33. The maximum Gasteiger partial charge on any atom is 0.319 e. The van der Waals surface area contributed by atoms with E-state index >= 15 is 0 Å². The Balaban J connectivity index is 1.20. The Labute approximate surface area is 190 Å². The molecule has 7 nitrogen and oxygen atoms in total. The monoisotopic (exact) mass is 438 g/mol. The van der Waals surface area contributed by atoms with E-state index in [4.69, 9.17) is 9.47 Å². The largest absolute Gasteiger partial charge is 0.379 e. The predicted octanol–water partition coefficient (Wildman–Crippen LogP) is 3.10. The molecule has 0 aliphatic carbocycles. The van der Waals surface area contributed by atoms with Crippen molar-refractivity contribution in [2.75, 3.05) is 57.9 Å². The van der Waals surface area contributed by atoms with E-state index in [1.54, 1.807) is 0 Å². The molecule has 7 heteroatoms. The summed E-state index contributed by atoms with van der Waals surface area (Å²) in [6, 6.07) is 18.7. The van der Waals surface area contributed by atoms with Crippen molar-refractivity contribution in [3.63, 3.8) is 0 Å². The molecule has 2 heterocycles. The van der Waals surface area contributed by atoms with Gasteiger partial charge in [0.15, 0.2) is 0 Å². The van der Waals surface area contributed by atoms with Gasteiger partial charge in [-0.1, -0.05) is 42.5 Å². The van der Waals surface area contributed by atoms with Gasteiger partial charge in [-0.3, -0.25) is 9.80 Å². The topological polar surface area (TPSA) is 66.1 Å². The van der Waals surface area contributed by atoms with Crippen LogP contribution >= 0.6 is 0 Å². The lowest BCUT2D eigenvalue weighted by molar-refractivity contribution is -0.0285. The molecule has 32 heavy (non-hydrogen) atoms. The maximum absolute atomic E-state index is 12.4. The lowest BCUT2D eigenvalue weighted by atomic mass is 10.1. The zero-order valence-electron chi connectivity index (χ0n) is 18.8. The number of nitrogens with one attached hydrogen (secondary N) is 2. The number of hydrogen-bond donors (Lipinski definition) is 2. The van der Waals surface area contributed by atoms with Crippen LogP contribution < -0.4 is 10.6 Å². The number of ether oxygens (including phenoxy) is 2. The minimum atomic E-state index is -0.206. The van der Waals surface area contributed by atoms with E-state index in [1.807, 2.05) is 18.2 Å². The number of carbonyl (C=O) groups is 1. The molecule has 0 spiro atoms. The zero-order valence-corrected chi connectivity index (χ0v) is 18.8. The maximum atomic E-state index is 12.4. The Kier molecular flexibility index (Phi) is 8.12. The standard InChI is InChI=1S/C25H34N4O3/c1-20(29-12-14-31-15-13-29)22-7-9-23(10-8-22)27-25(30)26-17-24-19-28(11-16-32-24)18-21-5-3-2-4-6-21/h2-10,20,24H,11-19H2,1H3,(H2,26,27,30). The fourth-order valence-corrected chi connectivity index (χ4v) is 4.29. The minimum Gasteiger partial charge on any atom is -0.379 e. The summed E-state index contributed by atoms with van der Waals surface area (Å²) in [7, 11) is 0. The normalized spacial score (nSPS) is 21.1. The van der Waals surface area contributed by atoms with E-state index in [1.165, 1.54) is 11.1 Å². The molecule has 0 aromatic heterocycles. The van der Waals surface area contributed by atoms with E-state index in [-0.39, 0.29) is 12.1 Å². The van der Waals surface area contributed by atoms with Gasteiger partial charge in [0, 0.05) is 51.0 Å². The van der Waals surface area contributed by atoms with Gasteiger partial charge < -0.3 is 20.1 Å². The second-order valence-corrected chi connectivity index (χ2v) is 8.49. The van der Waals surface area contributed by atoms with Gasteiger partial charge >= 0.3 is 6.03 Å². The summed E-state index contributed by atoms with van der Waals surface area (Å²) in [6.07, 6.45) is -0.00467. The molecule has 2 aromatic rings. The first kappa shape index (κ1) is 22.7. The number of amides is 2. The average molecular weight is 439 g/mol. The quantitative estimate of drug-likeness (QED) is 0.696. The van der Waals surface area contributed by atoms with Crippen LogP contribution in [0.5, 0.6) is 0 Å². The van der Waals surface area contributed by atoms with Crippen molar-refractivity contribution in [1.82, 2.24) is 15.1 Å². The Morgan fingerprint density at radius 2 is 1.78 bits per heavy atom. The number of morpholine rings is 2. The predicted molar refractivity (Wildman–Crippen MR) is 126 cm³/mol. The third kappa shape index (κ3) is 6.53. The highest BCUT2D eigenvalue weighted by molar-refractivity contribution is 5.89. The summed E-state index contributed by atoms with van der Waals surface area (Å²) in [4.78, 5) is 17.2. The van der Waals surface area contributed by atoms with Crippen LogP contribution in [-0.4, -0.2) is 74.5 Å². The zero-order chi connectivity index (χ0) is 22.2. The summed E-state index contributed by atoms with van der Waals surface area (Å²) < 4.78 is 11.3. The lowest BCUT2D eigenvalue weighted by Crippen LogP contribution is -2.47. The number of anilines is 1. The van der Waals surface area contributed by atoms with Crippen molar-refractivity contribution in [1.29, 1.82) is 0 Å². The smallest absolute Gasteiger partial charge is 0.319 e. The first-order valence-corrected chi connectivity index (χ1v) is 11.5. The molecule has 4 rings (SSSR count). The van der Waals surface area contributed by atoms with Gasteiger partial charge in [0.25, 0.3) is 0 Å². The van der Waals surface area contributed by atoms with Crippen molar-refractivity contribution in [2.45, 2.75) is 25.6 Å². The molecule has 2 aromatic carbocycles. The first-order valence-electron chi connectivity index (χ1n) is 11.5. The fraction of sp³-hybridized carbons (Fsp3) is 0.480. The number of nitrogens with zero attached hydrogens (tertiary/aromatic N) is 2. The van der Waals surface area contributed by atoms with Gasteiger partial charge in [0.1, 0.15) is 0 Å². The molecule has 2 amide bonds.